The van der Waals surface area contributed by atoms with Crippen LogP contribution >= 0.6 is 0 Å². The van der Waals surface area contributed by atoms with Crippen LogP contribution in [0.2, 0.25) is 0 Å². The van der Waals surface area contributed by atoms with Gasteiger partial charge in [-0.2, -0.15) is 10.5 Å². The molecule has 0 N–H and O–H groups in total. The molecule has 10 rings (SSSR count). The van der Waals surface area contributed by atoms with Gasteiger partial charge >= 0.3 is 0 Å². The molecule has 0 saturated carbocycles. The smallest absolute Gasteiger partial charge is 0.268 e. The Bertz CT molecular complexity index is 3130. The molecule has 1 aliphatic rings. The monoisotopic (exact) mass is 744 g/mol. The lowest BCUT2D eigenvalue weighted by Gasteiger charge is -2.20. The summed E-state index contributed by atoms with van der Waals surface area (Å²) in [7, 11) is 0. The molecule has 270 valence electrons. The molecule has 58 heavy (non-hydrogen) atoms. The van der Waals surface area contributed by atoms with Crippen LogP contribution < -0.4 is 4.90 Å². The number of carbonyl (C=O) groups is 2. The van der Waals surface area contributed by atoms with Crippen molar-refractivity contribution in [2.45, 2.75) is 0 Å². The van der Waals surface area contributed by atoms with Crippen LogP contribution in [0.25, 0.3) is 72.0 Å². The Morgan fingerprint density at radius 1 is 0.431 bits per heavy atom. The van der Waals surface area contributed by atoms with Crippen molar-refractivity contribution in [1.29, 1.82) is 10.5 Å². The molecule has 2 amide bonds. The van der Waals surface area contributed by atoms with E-state index in [-0.39, 0.29) is 0 Å². The van der Waals surface area contributed by atoms with E-state index in [2.05, 4.69) is 34.2 Å². The first-order valence-electron chi connectivity index (χ1n) is 18.6. The molecule has 0 bridgehead atoms. The molecule has 0 atom stereocenters. The van der Waals surface area contributed by atoms with Crippen molar-refractivity contribution >= 4 is 39.3 Å². The van der Waals surface area contributed by atoms with Crippen molar-refractivity contribution in [2.24, 2.45) is 0 Å². The number of fused-ring (bicyclic) bond motifs is 4. The highest BCUT2D eigenvalue weighted by Crippen LogP contribution is 2.43. The molecule has 3 aromatic heterocycles. The van der Waals surface area contributed by atoms with Gasteiger partial charge in [-0.25, -0.2) is 4.90 Å². The SMILES string of the molecule is N#Cc1cncc(-c2ccc3c(c2)c2cc(-c4cncc(C#N)c4)ccc2n3-c2cccc3c2C(=O)N(c2cc(-c4ccccc4)ccc2-c2ccccc2)C3=O)c1. The summed E-state index contributed by atoms with van der Waals surface area (Å²) in [5, 5.41) is 21.0. The first kappa shape index (κ1) is 34.1. The molecule has 1 aliphatic heterocycles. The van der Waals surface area contributed by atoms with Crippen molar-refractivity contribution in [1.82, 2.24) is 14.5 Å². The number of aromatic nitrogens is 3. The van der Waals surface area contributed by atoms with Crippen LogP contribution in [-0.2, 0) is 0 Å². The van der Waals surface area contributed by atoms with Gasteiger partial charge in [0.2, 0.25) is 0 Å². The molecule has 6 aromatic carbocycles. The van der Waals surface area contributed by atoms with E-state index >= 15 is 4.79 Å². The van der Waals surface area contributed by atoms with E-state index in [1.54, 1.807) is 30.6 Å². The number of amides is 2. The molecule has 8 heteroatoms. The highest BCUT2D eigenvalue weighted by molar-refractivity contribution is 6.36. The van der Waals surface area contributed by atoms with Crippen molar-refractivity contribution in [2.75, 3.05) is 4.90 Å². The van der Waals surface area contributed by atoms with E-state index in [0.29, 0.717) is 33.6 Å². The number of pyridine rings is 2. The highest BCUT2D eigenvalue weighted by Gasteiger charge is 2.40. The van der Waals surface area contributed by atoms with Crippen molar-refractivity contribution in [3.8, 4) is 62.3 Å². The van der Waals surface area contributed by atoms with E-state index < -0.39 is 11.8 Å². The summed E-state index contributed by atoms with van der Waals surface area (Å²) in [6, 6.07) is 51.0. The van der Waals surface area contributed by atoms with Crippen molar-refractivity contribution < 1.29 is 9.59 Å². The van der Waals surface area contributed by atoms with Crippen LogP contribution in [0.3, 0.4) is 0 Å². The number of nitriles is 2. The average Bonchev–Trinajstić information content (AvgIpc) is 3.75. The zero-order valence-electron chi connectivity index (χ0n) is 30.7. The Labute approximate surface area is 332 Å². The Morgan fingerprint density at radius 3 is 1.57 bits per heavy atom. The van der Waals surface area contributed by atoms with Gasteiger partial charge < -0.3 is 4.57 Å². The molecule has 4 heterocycles. The van der Waals surface area contributed by atoms with Gasteiger partial charge in [-0.05, 0) is 82.4 Å². The van der Waals surface area contributed by atoms with Gasteiger partial charge in [-0.15, -0.1) is 0 Å². The molecule has 0 spiro atoms. The number of benzene rings is 6. The third kappa shape index (κ3) is 5.52. The Hall–Kier alpha value is -8.46. The van der Waals surface area contributed by atoms with E-state index in [4.69, 9.17) is 0 Å². The molecule has 0 radical (unpaired) electrons. The molecular formula is C50H28N6O2. The second-order valence-electron chi connectivity index (χ2n) is 14.1. The number of rotatable bonds is 6. The number of hydrogen-bond acceptors (Lipinski definition) is 6. The lowest BCUT2D eigenvalue weighted by Crippen LogP contribution is -2.30. The molecule has 0 aliphatic carbocycles. The number of anilines is 1. The van der Waals surface area contributed by atoms with Gasteiger partial charge in [-0.3, -0.25) is 19.6 Å². The maximum absolute atomic E-state index is 15.1. The topological polar surface area (TPSA) is 116 Å². The summed E-state index contributed by atoms with van der Waals surface area (Å²) < 4.78 is 2.04. The van der Waals surface area contributed by atoms with Gasteiger partial charge in [0.25, 0.3) is 11.8 Å². The third-order valence-corrected chi connectivity index (χ3v) is 10.7. The molecule has 8 nitrogen and oxygen atoms in total. The summed E-state index contributed by atoms with van der Waals surface area (Å²) in [4.78, 5) is 39.6. The maximum atomic E-state index is 15.1. The molecule has 9 aromatic rings. The van der Waals surface area contributed by atoms with E-state index in [9.17, 15) is 15.3 Å². The first-order chi connectivity index (χ1) is 28.5. The fourth-order valence-electron chi connectivity index (χ4n) is 8.02. The average molecular weight is 745 g/mol. The van der Waals surface area contributed by atoms with E-state index in [1.807, 2.05) is 120 Å². The van der Waals surface area contributed by atoms with Crippen molar-refractivity contribution in [3.05, 3.63) is 193 Å². The lowest BCUT2D eigenvalue weighted by molar-refractivity contribution is 0.0926. The van der Waals surface area contributed by atoms with Gasteiger partial charge in [0, 0.05) is 52.3 Å². The van der Waals surface area contributed by atoms with Crippen LogP contribution in [0.15, 0.2) is 170 Å². The van der Waals surface area contributed by atoms with Gasteiger partial charge in [0.15, 0.2) is 0 Å². The van der Waals surface area contributed by atoms with Gasteiger partial charge in [0.1, 0.15) is 12.1 Å². The van der Waals surface area contributed by atoms with Crippen LogP contribution in [-0.4, -0.2) is 26.3 Å². The quantitative estimate of drug-likeness (QED) is 0.157. The van der Waals surface area contributed by atoms with Gasteiger partial charge in [-0.1, -0.05) is 91.0 Å². The Morgan fingerprint density at radius 2 is 0.983 bits per heavy atom. The number of imide groups is 1. The summed E-state index contributed by atoms with van der Waals surface area (Å²) in [5.74, 6) is -0.815. The summed E-state index contributed by atoms with van der Waals surface area (Å²) in [6.07, 6.45) is 6.51. The maximum Gasteiger partial charge on any atom is 0.268 e. The number of carbonyl (C=O) groups excluding carboxylic acids is 2. The fraction of sp³-hybridized carbons (Fsp3) is 0. The zero-order chi connectivity index (χ0) is 39.3. The minimum absolute atomic E-state index is 0.306. The molecule has 0 fully saturated rings. The summed E-state index contributed by atoms with van der Waals surface area (Å²) in [5.41, 5.74) is 11.0. The molecule has 0 unspecified atom stereocenters. The number of hydrogen-bond donors (Lipinski definition) is 0. The van der Waals surface area contributed by atoms with Crippen LogP contribution in [0.1, 0.15) is 31.8 Å². The largest absolute Gasteiger partial charge is 0.308 e. The predicted molar refractivity (Wildman–Crippen MR) is 225 cm³/mol. The zero-order valence-corrected chi connectivity index (χ0v) is 30.7. The second-order valence-corrected chi connectivity index (χ2v) is 14.1. The molecule has 0 saturated heterocycles. The van der Waals surface area contributed by atoms with E-state index in [0.717, 1.165) is 66.3 Å². The Kier molecular flexibility index (Phi) is 8.04. The minimum Gasteiger partial charge on any atom is -0.308 e. The lowest BCUT2D eigenvalue weighted by atomic mass is 9.97. The fourth-order valence-corrected chi connectivity index (χ4v) is 8.02. The molecular weight excluding hydrogens is 717 g/mol. The van der Waals surface area contributed by atoms with Gasteiger partial charge in [0.05, 0.1) is 44.7 Å². The normalized spacial score (nSPS) is 12.1. The van der Waals surface area contributed by atoms with Crippen LogP contribution in [0, 0.1) is 22.7 Å². The standard InChI is InChI=1S/C50H28N6O2/c51-25-31-20-38(29-53-27-31)35-15-18-44-42(22-35)43-23-36(39-21-32(26-52)28-54-30-39)16-19-45(43)55(44)46-13-7-12-41-48(46)50(58)56(49(41)57)47-24-37(33-8-3-1-4-9-33)14-17-40(47)34-10-5-2-6-11-34/h1-24,27-30H. The Balaban J connectivity index is 1.18. The minimum atomic E-state index is -0.417. The van der Waals surface area contributed by atoms with Crippen LogP contribution in [0.4, 0.5) is 5.69 Å². The predicted octanol–water partition coefficient (Wildman–Crippen LogP) is 10.8. The van der Waals surface area contributed by atoms with Crippen molar-refractivity contribution in [3.63, 3.8) is 0 Å². The first-order valence-corrected chi connectivity index (χ1v) is 18.6. The van der Waals surface area contributed by atoms with E-state index in [1.165, 1.54) is 17.3 Å². The highest BCUT2D eigenvalue weighted by atomic mass is 16.2. The summed E-state index contributed by atoms with van der Waals surface area (Å²) >= 11 is 0. The summed E-state index contributed by atoms with van der Waals surface area (Å²) in [6.45, 7) is 0. The van der Waals surface area contributed by atoms with Crippen LogP contribution in [0.5, 0.6) is 0 Å². The second kappa shape index (κ2) is 13.7. The third-order valence-electron chi connectivity index (χ3n) is 10.7. The number of nitrogens with zero attached hydrogens (tertiary/aromatic N) is 6.